The summed E-state index contributed by atoms with van der Waals surface area (Å²) in [5, 5.41) is 0. The van der Waals surface area contributed by atoms with Crippen LogP contribution in [-0.2, 0) is 22.9 Å². The van der Waals surface area contributed by atoms with E-state index in [1.807, 2.05) is 0 Å². The molecule has 1 unspecified atom stereocenters. The van der Waals surface area contributed by atoms with Crippen molar-refractivity contribution >= 4 is 20.9 Å². The fourth-order valence-electron chi connectivity index (χ4n) is 2.07. The van der Waals surface area contributed by atoms with Crippen LogP contribution >= 0.6 is 15.2 Å². The van der Waals surface area contributed by atoms with E-state index in [9.17, 15) is 23.7 Å². The van der Waals surface area contributed by atoms with E-state index >= 15 is 0 Å². The van der Waals surface area contributed by atoms with Gasteiger partial charge in [0, 0.05) is 20.1 Å². The zero-order valence-corrected chi connectivity index (χ0v) is 12.5. The summed E-state index contributed by atoms with van der Waals surface area (Å²) >= 11 is 0. The van der Waals surface area contributed by atoms with Crippen LogP contribution in [0, 0.1) is 5.92 Å². The van der Waals surface area contributed by atoms with Crippen LogP contribution < -0.4 is 0 Å². The van der Waals surface area contributed by atoms with E-state index in [-0.39, 0.29) is 0 Å². The van der Waals surface area contributed by atoms with Crippen molar-refractivity contribution in [2.75, 3.05) is 14.2 Å². The van der Waals surface area contributed by atoms with E-state index in [1.54, 1.807) is 0 Å². The third-order valence-corrected chi connectivity index (χ3v) is 5.76. The molecule has 0 aromatic carbocycles. The van der Waals surface area contributed by atoms with Crippen molar-refractivity contribution in [1.82, 2.24) is 0 Å². The molecular weight excluding hydrogens is 298 g/mol. The summed E-state index contributed by atoms with van der Waals surface area (Å²) in [5.74, 6) is -2.03. The molecule has 1 fully saturated rings. The van der Waals surface area contributed by atoms with Crippen LogP contribution in [0.15, 0.2) is 0 Å². The molecule has 19 heavy (non-hydrogen) atoms. The SMILES string of the molecule is COP(=O)(OC)C(=O)OC(C1CCCC1)P(=O)(O)O. The summed E-state index contributed by atoms with van der Waals surface area (Å²) in [6.07, 6.45) is 2.72. The Balaban J connectivity index is 2.87. The van der Waals surface area contributed by atoms with Crippen molar-refractivity contribution in [1.29, 1.82) is 0 Å². The second kappa shape index (κ2) is 6.48. The van der Waals surface area contributed by atoms with Gasteiger partial charge in [-0.25, -0.2) is 9.36 Å². The van der Waals surface area contributed by atoms with Crippen LogP contribution in [0.3, 0.4) is 0 Å². The van der Waals surface area contributed by atoms with Gasteiger partial charge in [-0.3, -0.25) is 4.57 Å². The minimum absolute atomic E-state index is 0.438. The Hall–Kier alpha value is -0.230. The summed E-state index contributed by atoms with van der Waals surface area (Å²) < 4.78 is 36.8. The molecule has 8 nitrogen and oxygen atoms in total. The molecule has 0 spiro atoms. The van der Waals surface area contributed by atoms with Gasteiger partial charge in [0.05, 0.1) is 0 Å². The molecule has 10 heteroatoms. The van der Waals surface area contributed by atoms with Crippen LogP contribution in [0.4, 0.5) is 4.79 Å². The normalized spacial score (nSPS) is 19.4. The lowest BCUT2D eigenvalue weighted by Gasteiger charge is -2.25. The van der Waals surface area contributed by atoms with Crippen LogP contribution in [0.2, 0.25) is 0 Å². The van der Waals surface area contributed by atoms with Gasteiger partial charge >= 0.3 is 20.9 Å². The maximum atomic E-state index is 11.8. The van der Waals surface area contributed by atoms with Gasteiger partial charge in [0.25, 0.3) is 0 Å². The lowest BCUT2D eigenvalue weighted by Crippen LogP contribution is -2.25. The zero-order chi connectivity index (χ0) is 14.7. The predicted octanol–water partition coefficient (Wildman–Crippen LogP) is 2.30. The van der Waals surface area contributed by atoms with Gasteiger partial charge < -0.3 is 23.6 Å². The maximum Gasteiger partial charge on any atom is 0.437 e. The van der Waals surface area contributed by atoms with Gasteiger partial charge in [-0.15, -0.1) is 0 Å². The number of carbonyl (C=O) groups is 1. The van der Waals surface area contributed by atoms with Crippen LogP contribution in [-0.4, -0.2) is 35.6 Å². The summed E-state index contributed by atoms with van der Waals surface area (Å²) in [4.78, 5) is 30.2. The fourth-order valence-corrected chi connectivity index (χ4v) is 3.93. The molecule has 0 bridgehead atoms. The second-order valence-corrected chi connectivity index (χ2v) is 8.05. The van der Waals surface area contributed by atoms with Gasteiger partial charge in [0.1, 0.15) is 0 Å². The van der Waals surface area contributed by atoms with Gasteiger partial charge in [0.2, 0.25) is 5.85 Å². The molecule has 0 aromatic heterocycles. The highest BCUT2D eigenvalue weighted by Crippen LogP contribution is 2.54. The summed E-state index contributed by atoms with van der Waals surface area (Å²) in [6.45, 7) is 0. The first-order valence-corrected chi connectivity index (χ1v) is 8.95. The molecule has 112 valence electrons. The van der Waals surface area contributed by atoms with Crippen molar-refractivity contribution in [3.05, 3.63) is 0 Å². The molecule has 1 rings (SSSR count). The molecule has 0 aromatic rings. The molecule has 0 saturated heterocycles. The Labute approximate surface area is 111 Å². The molecule has 0 heterocycles. The highest BCUT2D eigenvalue weighted by atomic mass is 31.2. The third kappa shape index (κ3) is 4.12. The number of rotatable bonds is 6. The predicted molar refractivity (Wildman–Crippen MR) is 65.9 cm³/mol. The van der Waals surface area contributed by atoms with Crippen LogP contribution in [0.1, 0.15) is 25.7 Å². The first-order valence-electron chi connectivity index (χ1n) is 5.72. The average Bonchev–Trinajstić information content (AvgIpc) is 2.86. The van der Waals surface area contributed by atoms with Crippen molar-refractivity contribution in [2.45, 2.75) is 31.5 Å². The largest absolute Gasteiger partial charge is 0.440 e. The Morgan fingerprint density at radius 2 is 1.63 bits per heavy atom. The number of ether oxygens (including phenoxy) is 1. The number of carbonyl (C=O) groups excluding carboxylic acids is 1. The van der Waals surface area contributed by atoms with Gasteiger partial charge in [-0.2, -0.15) is 0 Å². The molecule has 0 aliphatic heterocycles. The van der Waals surface area contributed by atoms with E-state index in [0.29, 0.717) is 12.8 Å². The van der Waals surface area contributed by atoms with E-state index in [0.717, 1.165) is 27.1 Å². The molecule has 1 atom stereocenters. The minimum atomic E-state index is -4.64. The summed E-state index contributed by atoms with van der Waals surface area (Å²) in [6, 6.07) is 0. The smallest absolute Gasteiger partial charge is 0.437 e. The minimum Gasteiger partial charge on any atom is -0.440 e. The summed E-state index contributed by atoms with van der Waals surface area (Å²) in [7, 11) is -6.80. The Morgan fingerprint density at radius 3 is 2.00 bits per heavy atom. The van der Waals surface area contributed by atoms with Crippen molar-refractivity contribution < 1.29 is 37.5 Å². The second-order valence-electron chi connectivity index (χ2n) is 4.27. The van der Waals surface area contributed by atoms with E-state index in [4.69, 9.17) is 4.74 Å². The van der Waals surface area contributed by atoms with Crippen LogP contribution in [0.5, 0.6) is 0 Å². The Morgan fingerprint density at radius 1 is 1.16 bits per heavy atom. The molecule has 1 saturated carbocycles. The first-order chi connectivity index (χ1) is 8.74. The average molecular weight is 316 g/mol. The lowest BCUT2D eigenvalue weighted by molar-refractivity contribution is 0.101. The van der Waals surface area contributed by atoms with Gasteiger partial charge in [-0.05, 0) is 12.8 Å². The van der Waals surface area contributed by atoms with E-state index in [2.05, 4.69) is 9.05 Å². The molecular formula is C9H18O8P2. The highest BCUT2D eigenvalue weighted by molar-refractivity contribution is 7.71. The quantitative estimate of drug-likeness (QED) is 0.716. The molecule has 1 aliphatic carbocycles. The number of hydrogen-bond acceptors (Lipinski definition) is 6. The first kappa shape index (κ1) is 16.8. The summed E-state index contributed by atoms with van der Waals surface area (Å²) in [5.41, 5.74) is -1.38. The monoisotopic (exact) mass is 316 g/mol. The van der Waals surface area contributed by atoms with Crippen molar-refractivity contribution in [3.63, 3.8) is 0 Å². The van der Waals surface area contributed by atoms with Crippen LogP contribution in [0.25, 0.3) is 0 Å². The van der Waals surface area contributed by atoms with Crippen molar-refractivity contribution in [3.8, 4) is 0 Å². The topological polar surface area (TPSA) is 119 Å². The molecule has 0 radical (unpaired) electrons. The maximum absolute atomic E-state index is 11.8. The highest BCUT2D eigenvalue weighted by Gasteiger charge is 2.45. The molecule has 0 amide bonds. The lowest BCUT2D eigenvalue weighted by atomic mass is 10.1. The molecule has 2 N–H and O–H groups in total. The van der Waals surface area contributed by atoms with E-state index < -0.39 is 32.7 Å². The van der Waals surface area contributed by atoms with Gasteiger partial charge in [-0.1, -0.05) is 12.8 Å². The standard InChI is InChI=1S/C9H18O8P2/c1-15-19(14,16-2)9(10)17-8(18(11,12)13)7-5-3-4-6-7/h7-8H,3-6H2,1-2H3,(H2,11,12,13). The molecule has 1 aliphatic rings. The fraction of sp³-hybridized carbons (Fsp3) is 0.889. The Bertz CT molecular complexity index is 402. The number of hydrogen-bond donors (Lipinski definition) is 2. The zero-order valence-electron chi connectivity index (χ0n) is 10.7. The third-order valence-electron chi connectivity index (χ3n) is 3.06. The van der Waals surface area contributed by atoms with Crippen molar-refractivity contribution in [2.24, 2.45) is 5.92 Å². The Kier molecular flexibility index (Phi) is 5.74. The van der Waals surface area contributed by atoms with E-state index in [1.165, 1.54) is 0 Å². The van der Waals surface area contributed by atoms with Gasteiger partial charge in [0.15, 0.2) is 0 Å².